The average molecular weight is 304 g/mol. The van der Waals surface area contributed by atoms with Gasteiger partial charge in [0.1, 0.15) is 0 Å². The van der Waals surface area contributed by atoms with Crippen LogP contribution in [0.15, 0.2) is 0 Å². The Hall–Kier alpha value is -0.210. The molecule has 118 valence electrons. The summed E-state index contributed by atoms with van der Waals surface area (Å²) in [5, 5.41) is 0. The highest BCUT2D eigenvalue weighted by Crippen LogP contribution is 2.19. The molecule has 0 aliphatic carbocycles. The van der Waals surface area contributed by atoms with E-state index < -0.39 is 10.2 Å². The summed E-state index contributed by atoms with van der Waals surface area (Å²) in [6.45, 7) is 4.45. The third kappa shape index (κ3) is 4.39. The van der Waals surface area contributed by atoms with Gasteiger partial charge in [-0.1, -0.05) is 0 Å². The summed E-state index contributed by atoms with van der Waals surface area (Å²) in [6, 6.07) is 0. The minimum Gasteiger partial charge on any atom is -0.330 e. The Bertz CT molecular complexity index is 393. The van der Waals surface area contributed by atoms with Crippen LogP contribution in [0.5, 0.6) is 0 Å². The number of piperidine rings is 2. The van der Waals surface area contributed by atoms with Crippen LogP contribution in [0.3, 0.4) is 0 Å². The molecule has 6 nitrogen and oxygen atoms in total. The topological polar surface area (TPSA) is 78.7 Å². The molecule has 0 spiro atoms. The molecule has 2 rings (SSSR count). The van der Waals surface area contributed by atoms with Crippen molar-refractivity contribution >= 4 is 10.2 Å². The smallest absolute Gasteiger partial charge is 0.279 e. The largest absolute Gasteiger partial charge is 0.330 e. The lowest BCUT2D eigenvalue weighted by molar-refractivity contribution is 0.218. The van der Waals surface area contributed by atoms with Crippen molar-refractivity contribution in [3.8, 4) is 0 Å². The van der Waals surface area contributed by atoms with Crippen LogP contribution in [-0.2, 0) is 10.2 Å². The monoisotopic (exact) mass is 304 g/mol. The van der Waals surface area contributed by atoms with E-state index in [2.05, 4.69) is 16.7 Å². The van der Waals surface area contributed by atoms with Crippen molar-refractivity contribution in [2.45, 2.75) is 25.7 Å². The minimum absolute atomic E-state index is 0.309. The summed E-state index contributed by atoms with van der Waals surface area (Å²) in [6.07, 6.45) is 4.10. The van der Waals surface area contributed by atoms with E-state index in [1.165, 1.54) is 0 Å². The number of nitrogens with two attached hydrogens (primary N) is 1. The van der Waals surface area contributed by atoms with Gasteiger partial charge in [0, 0.05) is 19.6 Å². The fourth-order valence-corrected chi connectivity index (χ4v) is 4.42. The fraction of sp³-hybridized carbons (Fsp3) is 1.00. The molecule has 0 radical (unpaired) electrons. The summed E-state index contributed by atoms with van der Waals surface area (Å²) in [5.74, 6) is 0.778. The van der Waals surface area contributed by atoms with Crippen LogP contribution in [0.4, 0.5) is 0 Å². The van der Waals surface area contributed by atoms with Crippen molar-refractivity contribution in [3.05, 3.63) is 0 Å². The molecule has 0 bridgehead atoms. The molecule has 0 aromatic rings. The molecular weight excluding hydrogens is 276 g/mol. The normalized spacial score (nSPS) is 27.8. The standard InChI is InChI=1S/C13H28N4O2S/c1-16-7-4-12(5-8-16)10-15-20(18,19)17-6-2-3-13(9-14)11-17/h12-13,15H,2-11,14H2,1H3. The lowest BCUT2D eigenvalue weighted by Gasteiger charge is -2.33. The van der Waals surface area contributed by atoms with Gasteiger partial charge >= 0.3 is 0 Å². The second-order valence-electron chi connectivity index (χ2n) is 6.20. The molecule has 0 amide bonds. The summed E-state index contributed by atoms with van der Waals surface area (Å²) in [7, 11) is -1.21. The average Bonchev–Trinajstić information content (AvgIpc) is 2.47. The van der Waals surface area contributed by atoms with Crippen molar-refractivity contribution in [1.29, 1.82) is 0 Å². The highest BCUT2D eigenvalue weighted by molar-refractivity contribution is 7.87. The number of rotatable bonds is 5. The molecule has 0 aromatic carbocycles. The van der Waals surface area contributed by atoms with Crippen molar-refractivity contribution in [1.82, 2.24) is 13.9 Å². The quantitative estimate of drug-likeness (QED) is 0.739. The number of nitrogens with one attached hydrogen (secondary N) is 1. The molecule has 2 fully saturated rings. The molecule has 2 heterocycles. The Kier molecular flexibility index (Phi) is 5.80. The van der Waals surface area contributed by atoms with Gasteiger partial charge in [0.15, 0.2) is 0 Å². The maximum atomic E-state index is 12.3. The summed E-state index contributed by atoms with van der Waals surface area (Å²) < 4.78 is 29.0. The van der Waals surface area contributed by atoms with Gasteiger partial charge in [-0.2, -0.15) is 12.7 Å². The predicted molar refractivity (Wildman–Crippen MR) is 80.5 cm³/mol. The van der Waals surface area contributed by atoms with Gasteiger partial charge in [0.05, 0.1) is 0 Å². The maximum Gasteiger partial charge on any atom is 0.279 e. The lowest BCUT2D eigenvalue weighted by Crippen LogP contribution is -2.48. The first-order valence-corrected chi connectivity index (χ1v) is 9.08. The molecule has 0 aromatic heterocycles. The third-order valence-corrected chi connectivity index (χ3v) is 6.09. The number of hydrogen-bond acceptors (Lipinski definition) is 4. The molecular formula is C13H28N4O2S. The second-order valence-corrected chi connectivity index (χ2v) is 7.96. The van der Waals surface area contributed by atoms with Crippen LogP contribution in [0.1, 0.15) is 25.7 Å². The molecule has 7 heteroatoms. The third-order valence-electron chi connectivity index (χ3n) is 4.55. The van der Waals surface area contributed by atoms with Crippen LogP contribution >= 0.6 is 0 Å². The SMILES string of the molecule is CN1CCC(CNS(=O)(=O)N2CCCC(CN)C2)CC1. The van der Waals surface area contributed by atoms with E-state index in [4.69, 9.17) is 5.73 Å². The molecule has 3 N–H and O–H groups in total. The van der Waals surface area contributed by atoms with Gasteiger partial charge in [-0.05, 0) is 64.2 Å². The van der Waals surface area contributed by atoms with Crippen LogP contribution in [0.25, 0.3) is 0 Å². The van der Waals surface area contributed by atoms with Gasteiger partial charge in [0.2, 0.25) is 0 Å². The number of likely N-dealkylation sites (tertiary alicyclic amines) is 1. The first kappa shape index (κ1) is 16.2. The Morgan fingerprint density at radius 3 is 2.50 bits per heavy atom. The molecule has 2 aliphatic heterocycles. The van der Waals surface area contributed by atoms with Crippen LogP contribution in [0, 0.1) is 11.8 Å². The highest BCUT2D eigenvalue weighted by Gasteiger charge is 2.29. The van der Waals surface area contributed by atoms with E-state index in [-0.39, 0.29) is 0 Å². The van der Waals surface area contributed by atoms with Crippen molar-refractivity contribution in [2.24, 2.45) is 17.6 Å². The van der Waals surface area contributed by atoms with Crippen molar-refractivity contribution in [2.75, 3.05) is 46.3 Å². The number of nitrogens with zero attached hydrogens (tertiary/aromatic N) is 2. The predicted octanol–water partition coefficient (Wildman–Crippen LogP) is -0.167. The maximum absolute atomic E-state index is 12.3. The van der Waals surface area contributed by atoms with E-state index in [1.54, 1.807) is 4.31 Å². The zero-order valence-corrected chi connectivity index (χ0v) is 13.2. The summed E-state index contributed by atoms with van der Waals surface area (Å²) in [4.78, 5) is 2.29. The first-order chi connectivity index (χ1) is 9.51. The van der Waals surface area contributed by atoms with Gasteiger partial charge in [-0.25, -0.2) is 4.72 Å². The van der Waals surface area contributed by atoms with Crippen LogP contribution in [-0.4, -0.2) is 63.9 Å². The molecule has 1 atom stereocenters. The van der Waals surface area contributed by atoms with Gasteiger partial charge in [0.25, 0.3) is 10.2 Å². The summed E-state index contributed by atoms with van der Waals surface area (Å²) in [5.41, 5.74) is 5.67. The molecule has 20 heavy (non-hydrogen) atoms. The second kappa shape index (κ2) is 7.17. The van der Waals surface area contributed by atoms with E-state index in [0.717, 1.165) is 38.8 Å². The van der Waals surface area contributed by atoms with Crippen LogP contribution < -0.4 is 10.5 Å². The van der Waals surface area contributed by atoms with E-state index in [0.29, 0.717) is 38.0 Å². The van der Waals surface area contributed by atoms with E-state index >= 15 is 0 Å². The first-order valence-electron chi connectivity index (χ1n) is 7.64. The van der Waals surface area contributed by atoms with Gasteiger partial charge in [-0.15, -0.1) is 0 Å². The Morgan fingerprint density at radius 1 is 1.15 bits per heavy atom. The van der Waals surface area contributed by atoms with Crippen LogP contribution in [0.2, 0.25) is 0 Å². The molecule has 0 saturated carbocycles. The summed E-state index contributed by atoms with van der Waals surface area (Å²) >= 11 is 0. The Labute approximate surface area is 122 Å². The lowest BCUT2D eigenvalue weighted by atomic mass is 9.98. The Morgan fingerprint density at radius 2 is 1.85 bits per heavy atom. The van der Waals surface area contributed by atoms with Crippen molar-refractivity contribution in [3.63, 3.8) is 0 Å². The highest BCUT2D eigenvalue weighted by atomic mass is 32.2. The zero-order chi connectivity index (χ0) is 14.6. The van der Waals surface area contributed by atoms with E-state index in [9.17, 15) is 8.42 Å². The molecule has 2 saturated heterocycles. The molecule has 2 aliphatic rings. The fourth-order valence-electron chi connectivity index (χ4n) is 3.02. The van der Waals surface area contributed by atoms with Crippen molar-refractivity contribution < 1.29 is 8.42 Å². The van der Waals surface area contributed by atoms with Gasteiger partial charge in [-0.3, -0.25) is 0 Å². The van der Waals surface area contributed by atoms with E-state index in [1.807, 2.05) is 0 Å². The number of hydrogen-bond donors (Lipinski definition) is 2. The van der Waals surface area contributed by atoms with Gasteiger partial charge < -0.3 is 10.6 Å². The Balaban J connectivity index is 1.81. The minimum atomic E-state index is -3.33. The zero-order valence-electron chi connectivity index (χ0n) is 12.4. The molecule has 1 unspecified atom stereocenters.